The number of halogens is 1. The van der Waals surface area contributed by atoms with E-state index in [2.05, 4.69) is 42.0 Å². The fraction of sp³-hybridized carbons (Fsp3) is 0.562. The molecule has 21 heavy (non-hydrogen) atoms. The summed E-state index contributed by atoms with van der Waals surface area (Å²) >= 11 is 3.43. The topological polar surface area (TPSA) is 52.6 Å². The number of anilines is 1. The molecule has 116 valence electrons. The summed E-state index contributed by atoms with van der Waals surface area (Å²) in [4.78, 5) is 13.0. The summed E-state index contributed by atoms with van der Waals surface area (Å²) in [7, 11) is 0. The van der Waals surface area contributed by atoms with Gasteiger partial charge in [-0.05, 0) is 42.5 Å². The fourth-order valence-electron chi connectivity index (χ4n) is 2.93. The van der Waals surface area contributed by atoms with Gasteiger partial charge in [-0.1, -0.05) is 36.7 Å². The van der Waals surface area contributed by atoms with E-state index >= 15 is 0 Å². The number of hydrogen-bond acceptors (Lipinski definition) is 2. The molecule has 0 bridgehead atoms. The van der Waals surface area contributed by atoms with Crippen LogP contribution in [0.15, 0.2) is 28.7 Å². The van der Waals surface area contributed by atoms with Gasteiger partial charge in [0, 0.05) is 28.8 Å². The highest BCUT2D eigenvalue weighted by atomic mass is 79.9. The Labute approximate surface area is 134 Å². The van der Waals surface area contributed by atoms with E-state index in [1.807, 2.05) is 24.3 Å². The first kappa shape index (κ1) is 16.1. The number of likely N-dealkylation sites (tertiary alicyclic amines) is 1. The summed E-state index contributed by atoms with van der Waals surface area (Å²) in [6.45, 7) is 6.91. The van der Waals surface area contributed by atoms with E-state index in [9.17, 15) is 9.90 Å². The molecule has 1 saturated heterocycles. The maximum Gasteiger partial charge on any atom is 0.407 e. The molecule has 1 aliphatic rings. The Balaban J connectivity index is 2.07. The molecule has 2 rings (SSSR count). The van der Waals surface area contributed by atoms with Crippen molar-refractivity contribution in [3.8, 4) is 0 Å². The molecule has 4 nitrogen and oxygen atoms in total. The van der Waals surface area contributed by atoms with Crippen molar-refractivity contribution in [3.05, 3.63) is 28.7 Å². The van der Waals surface area contributed by atoms with Crippen molar-refractivity contribution < 1.29 is 9.90 Å². The largest absolute Gasteiger partial charge is 0.465 e. The number of benzene rings is 1. The smallest absolute Gasteiger partial charge is 0.407 e. The van der Waals surface area contributed by atoms with Crippen LogP contribution >= 0.6 is 15.9 Å². The highest BCUT2D eigenvalue weighted by Crippen LogP contribution is 2.33. The lowest BCUT2D eigenvalue weighted by molar-refractivity contribution is 0.0557. The Bertz CT molecular complexity index is 496. The maximum atomic E-state index is 11.4. The van der Waals surface area contributed by atoms with Crippen LogP contribution in [0, 0.1) is 5.41 Å². The number of amides is 1. The molecular formula is C16H23BrN2O2. The normalized spacial score (nSPS) is 23.0. The number of carboxylic acid groups (broad SMARTS) is 1. The van der Waals surface area contributed by atoms with Crippen molar-refractivity contribution in [2.45, 2.75) is 45.7 Å². The van der Waals surface area contributed by atoms with Crippen LogP contribution in [0.25, 0.3) is 0 Å². The van der Waals surface area contributed by atoms with Gasteiger partial charge >= 0.3 is 6.09 Å². The molecule has 2 atom stereocenters. The van der Waals surface area contributed by atoms with Crippen molar-refractivity contribution in [1.82, 2.24) is 4.90 Å². The first-order chi connectivity index (χ1) is 9.77. The van der Waals surface area contributed by atoms with Gasteiger partial charge in [0.15, 0.2) is 0 Å². The van der Waals surface area contributed by atoms with Gasteiger partial charge in [0.1, 0.15) is 0 Å². The number of rotatable bonds is 2. The standard InChI is InChI=1S/C16H23BrN2O2/c1-16(2,3)14-10-13(8-9-19(14)15(20)21)18-12-6-4-11(17)5-7-12/h4-7,13-14,18H,8-10H2,1-3H3,(H,20,21). The highest BCUT2D eigenvalue weighted by molar-refractivity contribution is 9.10. The molecule has 0 radical (unpaired) electrons. The van der Waals surface area contributed by atoms with Gasteiger partial charge < -0.3 is 15.3 Å². The van der Waals surface area contributed by atoms with Gasteiger partial charge in [0.25, 0.3) is 0 Å². The number of carbonyl (C=O) groups is 1. The summed E-state index contributed by atoms with van der Waals surface area (Å²) in [6.07, 6.45) is 0.873. The second-order valence-corrected chi connectivity index (χ2v) is 7.65. The lowest BCUT2D eigenvalue weighted by atomic mass is 9.79. The van der Waals surface area contributed by atoms with E-state index in [1.54, 1.807) is 4.90 Å². The molecule has 1 aliphatic heterocycles. The van der Waals surface area contributed by atoms with Crippen LogP contribution < -0.4 is 5.32 Å². The van der Waals surface area contributed by atoms with Crippen LogP contribution in [-0.2, 0) is 0 Å². The third kappa shape index (κ3) is 4.13. The van der Waals surface area contributed by atoms with Crippen LogP contribution in [-0.4, -0.2) is 34.7 Å². The molecule has 2 unspecified atom stereocenters. The van der Waals surface area contributed by atoms with E-state index in [1.165, 1.54) is 0 Å². The van der Waals surface area contributed by atoms with Crippen LogP contribution in [0.1, 0.15) is 33.6 Å². The van der Waals surface area contributed by atoms with E-state index in [4.69, 9.17) is 0 Å². The van der Waals surface area contributed by atoms with Gasteiger partial charge in [-0.3, -0.25) is 0 Å². The Morgan fingerprint density at radius 1 is 1.33 bits per heavy atom. The summed E-state index contributed by atoms with van der Waals surface area (Å²) in [5, 5.41) is 12.9. The summed E-state index contributed by atoms with van der Waals surface area (Å²) in [5.41, 5.74) is 1.03. The zero-order valence-corrected chi connectivity index (χ0v) is 14.4. The first-order valence-electron chi connectivity index (χ1n) is 7.29. The molecule has 2 N–H and O–H groups in total. The lowest BCUT2D eigenvalue weighted by Crippen LogP contribution is -2.54. The van der Waals surface area contributed by atoms with E-state index in [0.29, 0.717) is 12.6 Å². The van der Waals surface area contributed by atoms with Crippen LogP contribution in [0.3, 0.4) is 0 Å². The van der Waals surface area contributed by atoms with Gasteiger partial charge in [-0.2, -0.15) is 0 Å². The van der Waals surface area contributed by atoms with Crippen molar-refractivity contribution in [2.24, 2.45) is 5.41 Å². The van der Waals surface area contributed by atoms with Crippen molar-refractivity contribution >= 4 is 27.7 Å². The van der Waals surface area contributed by atoms with Crippen molar-refractivity contribution in [2.75, 3.05) is 11.9 Å². The molecule has 1 aromatic carbocycles. The molecule has 0 aromatic heterocycles. The first-order valence-corrected chi connectivity index (χ1v) is 8.08. The number of nitrogens with one attached hydrogen (secondary N) is 1. The molecule has 1 aromatic rings. The predicted molar refractivity (Wildman–Crippen MR) is 88.8 cm³/mol. The Morgan fingerprint density at radius 2 is 1.95 bits per heavy atom. The number of piperidine rings is 1. The minimum Gasteiger partial charge on any atom is -0.465 e. The SMILES string of the molecule is CC(C)(C)C1CC(Nc2ccc(Br)cc2)CCN1C(=O)O. The Hall–Kier alpha value is -1.23. The van der Waals surface area contributed by atoms with E-state index in [-0.39, 0.29) is 11.5 Å². The van der Waals surface area contributed by atoms with Crippen LogP contribution in [0.4, 0.5) is 10.5 Å². The summed E-state index contributed by atoms with van der Waals surface area (Å²) < 4.78 is 1.06. The van der Waals surface area contributed by atoms with Gasteiger partial charge in [0.2, 0.25) is 0 Å². The second kappa shape index (κ2) is 6.26. The Kier molecular flexibility index (Phi) is 4.81. The number of nitrogens with zero attached hydrogens (tertiary/aromatic N) is 1. The average molecular weight is 355 g/mol. The zero-order valence-electron chi connectivity index (χ0n) is 12.8. The van der Waals surface area contributed by atoms with Crippen LogP contribution in [0.5, 0.6) is 0 Å². The molecule has 0 saturated carbocycles. The monoisotopic (exact) mass is 354 g/mol. The minimum atomic E-state index is -0.808. The van der Waals surface area contributed by atoms with Gasteiger partial charge in [-0.25, -0.2) is 4.79 Å². The Morgan fingerprint density at radius 3 is 2.48 bits per heavy atom. The molecule has 5 heteroatoms. The van der Waals surface area contributed by atoms with Gasteiger partial charge in [-0.15, -0.1) is 0 Å². The highest BCUT2D eigenvalue weighted by Gasteiger charge is 2.38. The second-order valence-electron chi connectivity index (χ2n) is 6.73. The third-order valence-corrected chi connectivity index (χ3v) is 4.59. The molecule has 1 amide bonds. The van der Waals surface area contributed by atoms with Gasteiger partial charge in [0.05, 0.1) is 0 Å². The average Bonchev–Trinajstić information content (AvgIpc) is 2.40. The molecule has 0 aliphatic carbocycles. The van der Waals surface area contributed by atoms with Crippen LogP contribution in [0.2, 0.25) is 0 Å². The summed E-state index contributed by atoms with van der Waals surface area (Å²) in [6, 6.07) is 8.45. The quantitative estimate of drug-likeness (QED) is 0.826. The van der Waals surface area contributed by atoms with E-state index in [0.717, 1.165) is 23.0 Å². The zero-order chi connectivity index (χ0) is 15.6. The van der Waals surface area contributed by atoms with Crippen molar-refractivity contribution in [1.29, 1.82) is 0 Å². The maximum absolute atomic E-state index is 11.4. The third-order valence-electron chi connectivity index (χ3n) is 4.06. The van der Waals surface area contributed by atoms with Crippen molar-refractivity contribution in [3.63, 3.8) is 0 Å². The molecular weight excluding hydrogens is 332 g/mol. The molecule has 0 spiro atoms. The molecule has 1 heterocycles. The molecule has 1 fully saturated rings. The summed E-state index contributed by atoms with van der Waals surface area (Å²) in [5.74, 6) is 0. The minimum absolute atomic E-state index is 0.0386. The number of hydrogen-bond donors (Lipinski definition) is 2. The fourth-order valence-corrected chi connectivity index (χ4v) is 3.19. The van der Waals surface area contributed by atoms with E-state index < -0.39 is 6.09 Å². The predicted octanol–water partition coefficient (Wildman–Crippen LogP) is 4.42. The lowest BCUT2D eigenvalue weighted by Gasteiger charge is -2.45.